The number of hydrogen-bond acceptors (Lipinski definition) is 8. The summed E-state index contributed by atoms with van der Waals surface area (Å²) in [6, 6.07) is 16.2. The van der Waals surface area contributed by atoms with E-state index in [0.29, 0.717) is 24.7 Å². The van der Waals surface area contributed by atoms with Crippen LogP contribution in [0.4, 0.5) is 5.69 Å². The quantitative estimate of drug-likeness (QED) is 0.506. The molecule has 3 aromatic rings. The van der Waals surface area contributed by atoms with Crippen LogP contribution in [0.1, 0.15) is 11.8 Å². The van der Waals surface area contributed by atoms with Gasteiger partial charge in [0, 0.05) is 44.5 Å². The lowest BCUT2D eigenvalue weighted by atomic mass is 10.1. The Morgan fingerprint density at radius 2 is 1.71 bits per heavy atom. The maximum atomic E-state index is 13.1. The van der Waals surface area contributed by atoms with Gasteiger partial charge in [-0.05, 0) is 48.5 Å². The molecule has 9 nitrogen and oxygen atoms in total. The summed E-state index contributed by atoms with van der Waals surface area (Å²) in [4.78, 5) is 4.71. The van der Waals surface area contributed by atoms with Crippen molar-refractivity contribution in [2.75, 3.05) is 57.9 Å². The minimum Gasteiger partial charge on any atom is -0.497 e. The smallest absolute Gasteiger partial charge is 0.240 e. The van der Waals surface area contributed by atoms with Crippen LogP contribution in [-0.2, 0) is 10.0 Å². The number of benzene rings is 2. The number of furan rings is 1. The van der Waals surface area contributed by atoms with Crippen LogP contribution < -0.4 is 23.8 Å². The molecule has 10 heteroatoms. The van der Waals surface area contributed by atoms with Crippen molar-refractivity contribution in [3.8, 4) is 17.2 Å². The van der Waals surface area contributed by atoms with Crippen molar-refractivity contribution in [2.45, 2.75) is 10.9 Å². The van der Waals surface area contributed by atoms with Gasteiger partial charge in [-0.1, -0.05) is 0 Å². The van der Waals surface area contributed by atoms with E-state index >= 15 is 0 Å². The summed E-state index contributed by atoms with van der Waals surface area (Å²) >= 11 is 0. The van der Waals surface area contributed by atoms with Gasteiger partial charge in [-0.25, -0.2) is 13.1 Å². The fourth-order valence-corrected chi connectivity index (χ4v) is 5.49. The van der Waals surface area contributed by atoms with Crippen molar-refractivity contribution >= 4 is 15.7 Å². The van der Waals surface area contributed by atoms with Crippen LogP contribution in [0.5, 0.6) is 17.2 Å². The Kier molecular flexibility index (Phi) is 6.85. The van der Waals surface area contributed by atoms with Gasteiger partial charge in [0.05, 0.1) is 24.3 Å². The van der Waals surface area contributed by atoms with Crippen molar-refractivity contribution in [3.63, 3.8) is 0 Å². The predicted molar refractivity (Wildman–Crippen MR) is 131 cm³/mol. The van der Waals surface area contributed by atoms with Gasteiger partial charge >= 0.3 is 0 Å². The molecular weight excluding hydrogens is 470 g/mol. The van der Waals surface area contributed by atoms with E-state index in [1.165, 1.54) is 12.1 Å². The molecule has 0 amide bonds. The zero-order valence-corrected chi connectivity index (χ0v) is 20.4. The van der Waals surface area contributed by atoms with E-state index in [-0.39, 0.29) is 17.5 Å². The average Bonchev–Trinajstić information content (AvgIpc) is 3.43. The molecule has 1 N–H and O–H groups in total. The Hall–Kier alpha value is -3.21. The average molecular weight is 500 g/mol. The summed E-state index contributed by atoms with van der Waals surface area (Å²) in [5.74, 6) is 2.55. The number of hydrogen-bond donors (Lipinski definition) is 1. The fraction of sp³-hybridized carbons (Fsp3) is 0.360. The molecule has 0 unspecified atom stereocenters. The number of ether oxygens (including phenoxy) is 3. The van der Waals surface area contributed by atoms with E-state index in [4.69, 9.17) is 18.6 Å². The normalized spacial score (nSPS) is 17.2. The molecule has 2 aromatic carbocycles. The molecule has 1 saturated heterocycles. The molecule has 3 heterocycles. The third-order valence-electron chi connectivity index (χ3n) is 6.35. The van der Waals surface area contributed by atoms with E-state index in [9.17, 15) is 8.42 Å². The van der Waals surface area contributed by atoms with Crippen LogP contribution in [0.15, 0.2) is 70.2 Å². The lowest BCUT2D eigenvalue weighted by Crippen LogP contribution is -2.49. The van der Waals surface area contributed by atoms with E-state index in [1.54, 1.807) is 19.4 Å². The number of piperazine rings is 1. The van der Waals surface area contributed by atoms with Crippen LogP contribution >= 0.6 is 0 Å². The minimum atomic E-state index is -3.76. The largest absolute Gasteiger partial charge is 0.497 e. The topological polar surface area (TPSA) is 93.5 Å². The van der Waals surface area contributed by atoms with Gasteiger partial charge in [-0.15, -0.1) is 0 Å². The summed E-state index contributed by atoms with van der Waals surface area (Å²) in [6.07, 6.45) is 1.62. The van der Waals surface area contributed by atoms with Crippen LogP contribution in [0.25, 0.3) is 0 Å². The monoisotopic (exact) mass is 499 g/mol. The number of rotatable bonds is 8. The van der Waals surface area contributed by atoms with Crippen molar-refractivity contribution < 1.29 is 27.0 Å². The molecule has 5 rings (SSSR count). The van der Waals surface area contributed by atoms with Crippen LogP contribution in [0.3, 0.4) is 0 Å². The molecule has 0 bridgehead atoms. The Morgan fingerprint density at radius 1 is 0.971 bits per heavy atom. The van der Waals surface area contributed by atoms with Gasteiger partial charge in [0.2, 0.25) is 10.0 Å². The molecule has 0 saturated carbocycles. The summed E-state index contributed by atoms with van der Waals surface area (Å²) in [6.45, 7) is 4.21. The Labute approximate surface area is 205 Å². The lowest BCUT2D eigenvalue weighted by Gasteiger charge is -2.39. The zero-order chi connectivity index (χ0) is 24.3. The van der Waals surface area contributed by atoms with Crippen LogP contribution in [-0.4, -0.2) is 66.4 Å². The molecule has 35 heavy (non-hydrogen) atoms. The molecule has 0 aliphatic carbocycles. The molecule has 2 aliphatic rings. The SMILES string of the molecule is COc1ccc(N2CCN([C@H](CNS(=O)(=O)c3ccc4c(c3)OCCO4)c3ccco3)CC2)cc1. The summed E-state index contributed by atoms with van der Waals surface area (Å²) < 4.78 is 50.9. The number of anilines is 1. The van der Waals surface area contributed by atoms with Gasteiger partial charge in [-0.3, -0.25) is 4.90 Å². The Bertz CT molecular complexity index is 1220. The number of fused-ring (bicyclic) bond motifs is 1. The van der Waals surface area contributed by atoms with E-state index < -0.39 is 10.0 Å². The van der Waals surface area contributed by atoms with Gasteiger partial charge in [0.1, 0.15) is 24.7 Å². The maximum Gasteiger partial charge on any atom is 0.240 e. The highest BCUT2D eigenvalue weighted by Crippen LogP contribution is 2.32. The lowest BCUT2D eigenvalue weighted by molar-refractivity contribution is 0.166. The number of nitrogens with one attached hydrogen (secondary N) is 1. The third-order valence-corrected chi connectivity index (χ3v) is 7.78. The van der Waals surface area contributed by atoms with Crippen molar-refractivity contribution in [2.24, 2.45) is 0 Å². The first-order valence-corrected chi connectivity index (χ1v) is 13.1. The first kappa shape index (κ1) is 23.5. The molecule has 186 valence electrons. The molecular formula is C25H29N3O6S. The molecule has 1 atom stereocenters. The third kappa shape index (κ3) is 5.24. The van der Waals surface area contributed by atoms with Crippen molar-refractivity contribution in [3.05, 3.63) is 66.6 Å². The molecule has 0 radical (unpaired) electrons. The summed E-state index contributed by atoms with van der Waals surface area (Å²) in [5, 5.41) is 0. The highest BCUT2D eigenvalue weighted by Gasteiger charge is 2.29. The van der Waals surface area contributed by atoms with Gasteiger partial charge in [0.15, 0.2) is 11.5 Å². The van der Waals surface area contributed by atoms with Gasteiger partial charge in [-0.2, -0.15) is 0 Å². The number of methoxy groups -OCH3 is 1. The first-order chi connectivity index (χ1) is 17.0. The molecule has 1 fully saturated rings. The molecule has 1 aromatic heterocycles. The van der Waals surface area contributed by atoms with E-state index in [2.05, 4.69) is 26.7 Å². The summed E-state index contributed by atoms with van der Waals surface area (Å²) in [5.41, 5.74) is 1.14. The van der Waals surface area contributed by atoms with Gasteiger partial charge in [0.25, 0.3) is 0 Å². The highest BCUT2D eigenvalue weighted by molar-refractivity contribution is 7.89. The highest BCUT2D eigenvalue weighted by atomic mass is 32.2. The molecule has 0 spiro atoms. The molecule has 2 aliphatic heterocycles. The van der Waals surface area contributed by atoms with Gasteiger partial charge < -0.3 is 23.5 Å². The maximum absolute atomic E-state index is 13.1. The standard InChI is InChI=1S/C25H29N3O6S/c1-31-20-6-4-19(5-7-20)27-10-12-28(13-11-27)22(23-3-2-14-32-23)18-26-35(29,30)21-8-9-24-25(17-21)34-16-15-33-24/h2-9,14,17,22,26H,10-13,15-16,18H2,1H3/t22-/m1/s1. The zero-order valence-electron chi connectivity index (χ0n) is 19.6. The number of sulfonamides is 1. The van der Waals surface area contributed by atoms with E-state index in [1.807, 2.05) is 24.3 Å². The predicted octanol–water partition coefficient (Wildman–Crippen LogP) is 2.90. The second-order valence-electron chi connectivity index (χ2n) is 8.41. The first-order valence-electron chi connectivity index (χ1n) is 11.6. The second-order valence-corrected chi connectivity index (χ2v) is 10.2. The second kappa shape index (κ2) is 10.2. The number of nitrogens with zero attached hydrogens (tertiary/aromatic N) is 2. The Balaban J connectivity index is 1.26. The van der Waals surface area contributed by atoms with Crippen LogP contribution in [0, 0.1) is 0 Å². The van der Waals surface area contributed by atoms with Crippen molar-refractivity contribution in [1.29, 1.82) is 0 Å². The van der Waals surface area contributed by atoms with Crippen LogP contribution in [0.2, 0.25) is 0 Å². The minimum absolute atomic E-state index is 0.143. The van der Waals surface area contributed by atoms with Crippen molar-refractivity contribution in [1.82, 2.24) is 9.62 Å². The fourth-order valence-electron chi connectivity index (χ4n) is 4.44. The Morgan fingerprint density at radius 3 is 2.40 bits per heavy atom. The summed E-state index contributed by atoms with van der Waals surface area (Å²) in [7, 11) is -2.10. The van der Waals surface area contributed by atoms with E-state index in [0.717, 1.165) is 43.4 Å².